The number of hydrogen-bond acceptors (Lipinski definition) is 3. The monoisotopic (exact) mass is 273 g/mol. The first-order valence-electron chi connectivity index (χ1n) is 7.48. The molecule has 2 aliphatic rings. The maximum absolute atomic E-state index is 12.8. The van der Waals surface area contributed by atoms with E-state index in [1.807, 2.05) is 11.0 Å². The zero-order valence-electron chi connectivity index (χ0n) is 12.1. The summed E-state index contributed by atoms with van der Waals surface area (Å²) in [5, 5.41) is 3.39. The Morgan fingerprint density at radius 1 is 1.10 bits per heavy atom. The minimum absolute atomic E-state index is 0.0980. The molecule has 0 aromatic heterocycles. The molecule has 1 amide bonds. The number of benzene rings is 1. The second kappa shape index (κ2) is 5.94. The van der Waals surface area contributed by atoms with Crippen molar-refractivity contribution in [3.63, 3.8) is 0 Å². The van der Waals surface area contributed by atoms with Crippen LogP contribution in [0.15, 0.2) is 30.3 Å². The van der Waals surface area contributed by atoms with E-state index in [9.17, 15) is 4.79 Å². The normalized spacial score (nSPS) is 27.8. The molecule has 0 bridgehead atoms. The van der Waals surface area contributed by atoms with Gasteiger partial charge in [0.25, 0.3) is 0 Å². The Labute approximate surface area is 120 Å². The minimum atomic E-state index is 0.0980. The quantitative estimate of drug-likeness (QED) is 0.864. The summed E-state index contributed by atoms with van der Waals surface area (Å²) < 4.78 is 0. The van der Waals surface area contributed by atoms with Gasteiger partial charge in [0.15, 0.2) is 0 Å². The lowest BCUT2D eigenvalue weighted by Crippen LogP contribution is -2.49. The van der Waals surface area contributed by atoms with Gasteiger partial charge >= 0.3 is 0 Å². The number of amides is 1. The molecular formula is C16H23N3O. The smallest absolute Gasteiger partial charge is 0.227 e. The van der Waals surface area contributed by atoms with E-state index in [1.165, 1.54) is 5.56 Å². The molecule has 2 saturated heterocycles. The third-order valence-electron chi connectivity index (χ3n) is 4.57. The van der Waals surface area contributed by atoms with Crippen molar-refractivity contribution in [1.29, 1.82) is 0 Å². The summed E-state index contributed by atoms with van der Waals surface area (Å²) in [6, 6.07) is 10.4. The molecule has 0 radical (unpaired) electrons. The van der Waals surface area contributed by atoms with Gasteiger partial charge < -0.3 is 15.1 Å². The molecule has 2 unspecified atom stereocenters. The number of carbonyl (C=O) groups is 1. The van der Waals surface area contributed by atoms with Crippen LogP contribution in [0.25, 0.3) is 0 Å². The number of hydrogen-bond donors (Lipinski definition) is 1. The predicted octanol–water partition coefficient (Wildman–Crippen LogP) is 0.764. The highest BCUT2D eigenvalue weighted by Crippen LogP contribution is 2.29. The lowest BCUT2D eigenvalue weighted by Gasteiger charge is -2.35. The molecule has 2 fully saturated rings. The zero-order valence-corrected chi connectivity index (χ0v) is 12.1. The summed E-state index contributed by atoms with van der Waals surface area (Å²) >= 11 is 0. The number of nitrogens with one attached hydrogen (secondary N) is 1. The third kappa shape index (κ3) is 2.72. The van der Waals surface area contributed by atoms with Crippen LogP contribution in [-0.4, -0.2) is 62.0 Å². The van der Waals surface area contributed by atoms with E-state index >= 15 is 0 Å². The van der Waals surface area contributed by atoms with Gasteiger partial charge in [0, 0.05) is 45.2 Å². The molecule has 4 heteroatoms. The van der Waals surface area contributed by atoms with E-state index in [0.29, 0.717) is 11.8 Å². The first kappa shape index (κ1) is 13.6. The fraction of sp³-hybridized carbons (Fsp3) is 0.562. The van der Waals surface area contributed by atoms with Crippen LogP contribution in [0, 0.1) is 5.92 Å². The lowest BCUT2D eigenvalue weighted by molar-refractivity contribution is -0.136. The SMILES string of the molecule is CN1CCN(C(=O)C2CNCC2c2ccccc2)CC1. The van der Waals surface area contributed by atoms with E-state index in [-0.39, 0.29) is 5.92 Å². The van der Waals surface area contributed by atoms with Crippen LogP contribution in [0.3, 0.4) is 0 Å². The van der Waals surface area contributed by atoms with E-state index < -0.39 is 0 Å². The number of piperazine rings is 1. The second-order valence-corrected chi connectivity index (χ2v) is 5.91. The van der Waals surface area contributed by atoms with Crippen LogP contribution >= 0.6 is 0 Å². The van der Waals surface area contributed by atoms with Gasteiger partial charge in [-0.15, -0.1) is 0 Å². The van der Waals surface area contributed by atoms with Gasteiger partial charge in [0.1, 0.15) is 0 Å². The summed E-state index contributed by atoms with van der Waals surface area (Å²) in [4.78, 5) is 17.1. The topological polar surface area (TPSA) is 35.6 Å². The predicted molar refractivity (Wildman–Crippen MR) is 79.6 cm³/mol. The molecule has 108 valence electrons. The number of carbonyl (C=O) groups excluding carboxylic acids is 1. The maximum Gasteiger partial charge on any atom is 0.227 e. The van der Waals surface area contributed by atoms with Crippen molar-refractivity contribution in [3.05, 3.63) is 35.9 Å². The Hall–Kier alpha value is -1.39. The summed E-state index contributed by atoms with van der Waals surface area (Å²) in [5.74, 6) is 0.751. The zero-order chi connectivity index (χ0) is 13.9. The van der Waals surface area contributed by atoms with E-state index in [2.05, 4.69) is 41.5 Å². The van der Waals surface area contributed by atoms with Crippen molar-refractivity contribution in [1.82, 2.24) is 15.1 Å². The molecule has 1 N–H and O–H groups in total. The van der Waals surface area contributed by atoms with Gasteiger partial charge in [-0.3, -0.25) is 4.79 Å². The third-order valence-corrected chi connectivity index (χ3v) is 4.57. The molecular weight excluding hydrogens is 250 g/mol. The number of nitrogens with zero attached hydrogens (tertiary/aromatic N) is 2. The standard InChI is InChI=1S/C16H23N3O/c1-18-7-9-19(10-8-18)16(20)15-12-17-11-14(15)13-5-3-2-4-6-13/h2-6,14-15,17H,7-12H2,1H3. The molecule has 1 aromatic carbocycles. The van der Waals surface area contributed by atoms with Crippen LogP contribution in [0.1, 0.15) is 11.5 Å². The summed E-state index contributed by atoms with van der Waals surface area (Å²) in [6.07, 6.45) is 0. The van der Waals surface area contributed by atoms with E-state index in [0.717, 1.165) is 39.3 Å². The molecule has 20 heavy (non-hydrogen) atoms. The summed E-state index contributed by atoms with van der Waals surface area (Å²) in [7, 11) is 2.12. The largest absolute Gasteiger partial charge is 0.340 e. The molecule has 1 aromatic rings. The van der Waals surface area contributed by atoms with E-state index in [1.54, 1.807) is 0 Å². The average molecular weight is 273 g/mol. The lowest BCUT2D eigenvalue weighted by atomic mass is 9.88. The Balaban J connectivity index is 1.70. The van der Waals surface area contributed by atoms with Gasteiger partial charge in [0.2, 0.25) is 5.91 Å². The first-order valence-corrected chi connectivity index (χ1v) is 7.48. The van der Waals surface area contributed by atoms with Crippen molar-refractivity contribution in [2.24, 2.45) is 5.92 Å². The minimum Gasteiger partial charge on any atom is -0.340 e. The van der Waals surface area contributed by atoms with Gasteiger partial charge in [-0.1, -0.05) is 30.3 Å². The molecule has 0 spiro atoms. The van der Waals surface area contributed by atoms with Crippen LogP contribution in [0.2, 0.25) is 0 Å². The molecule has 2 atom stereocenters. The fourth-order valence-electron chi connectivity index (χ4n) is 3.25. The first-order chi connectivity index (χ1) is 9.75. The Morgan fingerprint density at radius 3 is 2.50 bits per heavy atom. The molecule has 4 nitrogen and oxygen atoms in total. The van der Waals surface area contributed by atoms with Crippen molar-refractivity contribution in [3.8, 4) is 0 Å². The highest BCUT2D eigenvalue weighted by Gasteiger charge is 2.36. The van der Waals surface area contributed by atoms with Crippen molar-refractivity contribution >= 4 is 5.91 Å². The highest BCUT2D eigenvalue weighted by atomic mass is 16.2. The number of rotatable bonds is 2. The Bertz CT molecular complexity index is 454. The molecule has 0 aliphatic carbocycles. The Morgan fingerprint density at radius 2 is 1.80 bits per heavy atom. The highest BCUT2D eigenvalue weighted by molar-refractivity contribution is 5.80. The van der Waals surface area contributed by atoms with Crippen molar-refractivity contribution < 1.29 is 4.79 Å². The van der Waals surface area contributed by atoms with Gasteiger partial charge in [-0.25, -0.2) is 0 Å². The van der Waals surface area contributed by atoms with Crippen LogP contribution in [0.4, 0.5) is 0 Å². The van der Waals surface area contributed by atoms with Crippen LogP contribution < -0.4 is 5.32 Å². The fourth-order valence-corrected chi connectivity index (χ4v) is 3.25. The van der Waals surface area contributed by atoms with Crippen molar-refractivity contribution in [2.45, 2.75) is 5.92 Å². The van der Waals surface area contributed by atoms with Gasteiger partial charge in [0.05, 0.1) is 5.92 Å². The maximum atomic E-state index is 12.8. The second-order valence-electron chi connectivity index (χ2n) is 5.91. The van der Waals surface area contributed by atoms with Crippen molar-refractivity contribution in [2.75, 3.05) is 46.3 Å². The molecule has 2 aliphatic heterocycles. The van der Waals surface area contributed by atoms with Gasteiger partial charge in [-0.05, 0) is 12.6 Å². The van der Waals surface area contributed by atoms with Gasteiger partial charge in [-0.2, -0.15) is 0 Å². The molecule has 3 rings (SSSR count). The van der Waals surface area contributed by atoms with E-state index in [4.69, 9.17) is 0 Å². The molecule has 2 heterocycles. The molecule has 0 saturated carbocycles. The van der Waals surface area contributed by atoms with Crippen LogP contribution in [0.5, 0.6) is 0 Å². The average Bonchev–Trinajstić information content (AvgIpc) is 2.97. The summed E-state index contributed by atoms with van der Waals surface area (Å²) in [6.45, 7) is 5.43. The Kier molecular flexibility index (Phi) is 4.03. The number of likely N-dealkylation sites (N-methyl/N-ethyl adjacent to an activating group) is 1. The summed E-state index contributed by atoms with van der Waals surface area (Å²) in [5.41, 5.74) is 1.28. The van der Waals surface area contributed by atoms with Crippen LogP contribution in [-0.2, 0) is 4.79 Å².